The minimum atomic E-state index is -0.441. The standard InChI is InChI=1S/C18H12ClNO2/c19-13-8-5-12(6-9-13)16-15-10-7-11-3-1-2-4-14(11)17(15)22-18(21)20-16/h1-10,16H,(H,20,21). The van der Waals surface area contributed by atoms with E-state index in [0.717, 1.165) is 21.9 Å². The largest absolute Gasteiger partial charge is 0.413 e. The highest BCUT2D eigenvalue weighted by Gasteiger charge is 2.28. The molecule has 22 heavy (non-hydrogen) atoms. The zero-order chi connectivity index (χ0) is 15.1. The Hall–Kier alpha value is -2.52. The van der Waals surface area contributed by atoms with E-state index in [9.17, 15) is 4.79 Å². The molecule has 1 unspecified atom stereocenters. The van der Waals surface area contributed by atoms with Crippen LogP contribution in [0.15, 0.2) is 60.7 Å². The Labute approximate surface area is 132 Å². The van der Waals surface area contributed by atoms with Gasteiger partial charge in [-0.3, -0.25) is 0 Å². The Kier molecular flexibility index (Phi) is 3.01. The number of hydrogen-bond acceptors (Lipinski definition) is 2. The summed E-state index contributed by atoms with van der Waals surface area (Å²) in [7, 11) is 0. The lowest BCUT2D eigenvalue weighted by Crippen LogP contribution is -2.36. The Balaban J connectivity index is 1.92. The molecule has 1 amide bonds. The van der Waals surface area contributed by atoms with Crippen LogP contribution in [0.4, 0.5) is 4.79 Å². The van der Waals surface area contributed by atoms with E-state index in [4.69, 9.17) is 16.3 Å². The van der Waals surface area contributed by atoms with Crippen molar-refractivity contribution in [2.45, 2.75) is 6.04 Å². The molecular weight excluding hydrogens is 298 g/mol. The Bertz CT molecular complexity index is 874. The van der Waals surface area contributed by atoms with Crippen molar-refractivity contribution in [1.82, 2.24) is 5.32 Å². The number of carbonyl (C=O) groups is 1. The van der Waals surface area contributed by atoms with Gasteiger partial charge in [-0.1, -0.05) is 60.1 Å². The van der Waals surface area contributed by atoms with E-state index in [1.807, 2.05) is 60.7 Å². The second-order valence-corrected chi connectivity index (χ2v) is 5.66. The minimum Gasteiger partial charge on any atom is -0.409 e. The molecule has 1 heterocycles. The fraction of sp³-hybridized carbons (Fsp3) is 0.0556. The van der Waals surface area contributed by atoms with Crippen LogP contribution in [0, 0.1) is 0 Å². The molecule has 0 spiro atoms. The summed E-state index contributed by atoms with van der Waals surface area (Å²) in [4.78, 5) is 12.0. The Morgan fingerprint density at radius 1 is 0.955 bits per heavy atom. The van der Waals surface area contributed by atoms with Gasteiger partial charge in [0.25, 0.3) is 0 Å². The summed E-state index contributed by atoms with van der Waals surface area (Å²) in [6.07, 6.45) is -0.441. The third-order valence-corrected chi connectivity index (χ3v) is 4.13. The molecule has 0 aliphatic carbocycles. The van der Waals surface area contributed by atoms with Gasteiger partial charge >= 0.3 is 6.09 Å². The lowest BCUT2D eigenvalue weighted by molar-refractivity contribution is 0.192. The van der Waals surface area contributed by atoms with E-state index in [0.29, 0.717) is 10.8 Å². The third kappa shape index (κ3) is 2.11. The number of benzene rings is 3. The van der Waals surface area contributed by atoms with Gasteiger partial charge in [-0.25, -0.2) is 4.79 Å². The first kappa shape index (κ1) is 13.2. The normalized spacial score (nSPS) is 16.8. The van der Waals surface area contributed by atoms with E-state index in [2.05, 4.69) is 5.32 Å². The van der Waals surface area contributed by atoms with Crippen LogP contribution in [0.5, 0.6) is 5.75 Å². The summed E-state index contributed by atoms with van der Waals surface area (Å²) in [5, 5.41) is 5.52. The van der Waals surface area contributed by atoms with Crippen molar-refractivity contribution >= 4 is 28.5 Å². The first-order valence-electron chi connectivity index (χ1n) is 6.98. The molecule has 3 aromatic carbocycles. The van der Waals surface area contributed by atoms with E-state index < -0.39 is 6.09 Å². The maximum atomic E-state index is 12.0. The SMILES string of the molecule is O=C1NC(c2ccc(Cl)cc2)c2ccc3ccccc3c2O1. The summed E-state index contributed by atoms with van der Waals surface area (Å²) in [6.45, 7) is 0. The first-order valence-corrected chi connectivity index (χ1v) is 7.35. The van der Waals surface area contributed by atoms with Crippen molar-refractivity contribution in [2.75, 3.05) is 0 Å². The van der Waals surface area contributed by atoms with Gasteiger partial charge in [-0.05, 0) is 23.1 Å². The van der Waals surface area contributed by atoms with Crippen LogP contribution < -0.4 is 10.1 Å². The molecule has 0 fully saturated rings. The van der Waals surface area contributed by atoms with Crippen LogP contribution in [0.25, 0.3) is 10.8 Å². The highest BCUT2D eigenvalue weighted by molar-refractivity contribution is 6.30. The number of halogens is 1. The van der Waals surface area contributed by atoms with E-state index >= 15 is 0 Å². The average molecular weight is 310 g/mol. The molecule has 1 atom stereocenters. The van der Waals surface area contributed by atoms with Gasteiger partial charge < -0.3 is 10.1 Å². The van der Waals surface area contributed by atoms with Crippen LogP contribution in [0.2, 0.25) is 5.02 Å². The molecule has 108 valence electrons. The second kappa shape index (κ2) is 5.04. The van der Waals surface area contributed by atoms with E-state index in [1.54, 1.807) is 0 Å². The third-order valence-electron chi connectivity index (χ3n) is 3.88. The fourth-order valence-electron chi connectivity index (χ4n) is 2.84. The second-order valence-electron chi connectivity index (χ2n) is 5.22. The maximum Gasteiger partial charge on any atom is 0.413 e. The fourth-order valence-corrected chi connectivity index (χ4v) is 2.96. The molecule has 4 heteroatoms. The highest BCUT2D eigenvalue weighted by atomic mass is 35.5. The molecule has 1 aliphatic heterocycles. The van der Waals surface area contributed by atoms with Gasteiger partial charge in [0, 0.05) is 16.0 Å². The van der Waals surface area contributed by atoms with E-state index in [1.165, 1.54) is 0 Å². The quantitative estimate of drug-likeness (QED) is 0.708. The molecule has 0 saturated carbocycles. The molecule has 1 aliphatic rings. The van der Waals surface area contributed by atoms with Crippen molar-refractivity contribution in [3.63, 3.8) is 0 Å². The average Bonchev–Trinajstić information content (AvgIpc) is 2.55. The maximum absolute atomic E-state index is 12.0. The van der Waals surface area contributed by atoms with Gasteiger partial charge in [0.2, 0.25) is 0 Å². The van der Waals surface area contributed by atoms with Crippen LogP contribution in [-0.2, 0) is 0 Å². The van der Waals surface area contributed by atoms with Crippen LogP contribution in [0.3, 0.4) is 0 Å². The van der Waals surface area contributed by atoms with Crippen molar-refractivity contribution in [1.29, 1.82) is 0 Å². The Morgan fingerprint density at radius 3 is 2.55 bits per heavy atom. The van der Waals surface area contributed by atoms with Gasteiger partial charge in [-0.2, -0.15) is 0 Å². The van der Waals surface area contributed by atoms with Gasteiger partial charge in [-0.15, -0.1) is 0 Å². The van der Waals surface area contributed by atoms with Gasteiger partial charge in [0.15, 0.2) is 0 Å². The number of fused-ring (bicyclic) bond motifs is 3. The number of hydrogen-bond donors (Lipinski definition) is 1. The lowest BCUT2D eigenvalue weighted by atomic mass is 9.94. The molecule has 4 rings (SSSR count). The van der Waals surface area contributed by atoms with Gasteiger partial charge in [0.05, 0.1) is 6.04 Å². The number of amides is 1. The number of nitrogens with one attached hydrogen (secondary N) is 1. The minimum absolute atomic E-state index is 0.238. The highest BCUT2D eigenvalue weighted by Crippen LogP contribution is 2.39. The zero-order valence-corrected chi connectivity index (χ0v) is 12.3. The van der Waals surface area contributed by atoms with Gasteiger partial charge in [0.1, 0.15) is 5.75 Å². The summed E-state index contributed by atoms with van der Waals surface area (Å²) in [6, 6.07) is 19.1. The van der Waals surface area contributed by atoms with Crippen molar-refractivity contribution < 1.29 is 9.53 Å². The summed E-state index contributed by atoms with van der Waals surface area (Å²) < 4.78 is 5.44. The molecule has 0 saturated heterocycles. The van der Waals surface area contributed by atoms with Crippen molar-refractivity contribution in [3.8, 4) is 5.75 Å². The smallest absolute Gasteiger partial charge is 0.409 e. The summed E-state index contributed by atoms with van der Waals surface area (Å²) in [5.74, 6) is 0.627. The zero-order valence-electron chi connectivity index (χ0n) is 11.5. The van der Waals surface area contributed by atoms with Crippen LogP contribution >= 0.6 is 11.6 Å². The number of rotatable bonds is 1. The topological polar surface area (TPSA) is 38.3 Å². The predicted molar refractivity (Wildman–Crippen MR) is 86.4 cm³/mol. The van der Waals surface area contributed by atoms with Crippen molar-refractivity contribution in [3.05, 3.63) is 76.8 Å². The van der Waals surface area contributed by atoms with Crippen LogP contribution in [0.1, 0.15) is 17.2 Å². The Morgan fingerprint density at radius 2 is 1.73 bits per heavy atom. The number of carbonyl (C=O) groups excluding carboxylic acids is 1. The molecule has 0 aromatic heterocycles. The monoisotopic (exact) mass is 309 g/mol. The van der Waals surface area contributed by atoms with Crippen molar-refractivity contribution in [2.24, 2.45) is 0 Å². The number of ether oxygens (including phenoxy) is 1. The summed E-state index contributed by atoms with van der Waals surface area (Å²) >= 11 is 5.95. The molecule has 1 N–H and O–H groups in total. The molecular formula is C18H12ClNO2. The van der Waals surface area contributed by atoms with E-state index in [-0.39, 0.29) is 6.04 Å². The summed E-state index contributed by atoms with van der Waals surface area (Å²) in [5.41, 5.74) is 1.92. The molecule has 3 nitrogen and oxygen atoms in total. The van der Waals surface area contributed by atoms with Crippen LogP contribution in [-0.4, -0.2) is 6.09 Å². The molecule has 0 bridgehead atoms. The first-order chi connectivity index (χ1) is 10.7. The lowest BCUT2D eigenvalue weighted by Gasteiger charge is -2.27. The predicted octanol–water partition coefficient (Wildman–Crippen LogP) is 4.68. The molecule has 0 radical (unpaired) electrons. The molecule has 3 aromatic rings.